The van der Waals surface area contributed by atoms with Crippen molar-refractivity contribution >= 4 is 0 Å². The van der Waals surface area contributed by atoms with E-state index in [2.05, 4.69) is 19.7 Å². The lowest BCUT2D eigenvalue weighted by Gasteiger charge is -2.46. The number of piperidine rings is 1. The first-order valence-electron chi connectivity index (χ1n) is 8.93. The molecule has 1 saturated heterocycles. The molecule has 0 amide bonds. The van der Waals surface area contributed by atoms with Crippen molar-refractivity contribution in [2.45, 2.75) is 57.4 Å². The number of likely N-dealkylation sites (tertiary alicyclic amines) is 1. The molecule has 1 atom stereocenters. The fraction of sp³-hybridized carbons (Fsp3) is 0.882. The van der Waals surface area contributed by atoms with Crippen molar-refractivity contribution in [3.05, 3.63) is 11.6 Å². The van der Waals surface area contributed by atoms with E-state index in [1.165, 1.54) is 63.3 Å². The zero-order valence-corrected chi connectivity index (χ0v) is 13.8. The fourth-order valence-electron chi connectivity index (χ4n) is 4.69. The van der Waals surface area contributed by atoms with Gasteiger partial charge in [-0.1, -0.05) is 6.42 Å². The molecule has 5 nitrogen and oxygen atoms in total. The van der Waals surface area contributed by atoms with Crippen LogP contribution >= 0.6 is 0 Å². The third-order valence-corrected chi connectivity index (χ3v) is 5.93. The number of hydrogen-bond acceptors (Lipinski definition) is 4. The summed E-state index contributed by atoms with van der Waals surface area (Å²) in [5.74, 6) is 3.04. The molecule has 0 aromatic carbocycles. The van der Waals surface area contributed by atoms with Gasteiger partial charge in [-0.25, -0.2) is 0 Å². The standard InChI is InChI=1S/C17H28N4O/c1-22-13-17(7-4-8-17)12-20-9-2-5-14(11-20)16-19-18-15-6-3-10-21(15)16/h14H,2-13H2,1H3. The Balaban J connectivity index is 1.43. The predicted octanol–water partition coefficient (Wildman–Crippen LogP) is 2.22. The number of fused-ring (bicyclic) bond motifs is 1. The van der Waals surface area contributed by atoms with E-state index in [0.717, 1.165) is 26.1 Å². The predicted molar refractivity (Wildman–Crippen MR) is 84.9 cm³/mol. The van der Waals surface area contributed by atoms with Crippen molar-refractivity contribution in [2.24, 2.45) is 5.41 Å². The molecular weight excluding hydrogens is 276 g/mol. The molecule has 2 fully saturated rings. The van der Waals surface area contributed by atoms with Crippen molar-refractivity contribution in [1.82, 2.24) is 19.7 Å². The Hall–Kier alpha value is -0.940. The summed E-state index contributed by atoms with van der Waals surface area (Å²) in [6, 6.07) is 0. The Kier molecular flexibility index (Phi) is 3.95. The maximum atomic E-state index is 5.50. The maximum absolute atomic E-state index is 5.50. The lowest BCUT2D eigenvalue weighted by molar-refractivity contribution is -0.0173. The van der Waals surface area contributed by atoms with Gasteiger partial charge in [0.15, 0.2) is 0 Å². The van der Waals surface area contributed by atoms with E-state index in [0.29, 0.717) is 11.3 Å². The van der Waals surface area contributed by atoms with Gasteiger partial charge in [0.05, 0.1) is 6.61 Å². The minimum atomic E-state index is 0.434. The topological polar surface area (TPSA) is 43.2 Å². The summed E-state index contributed by atoms with van der Waals surface area (Å²) in [4.78, 5) is 2.67. The average Bonchev–Trinajstić information content (AvgIpc) is 3.08. The lowest BCUT2D eigenvalue weighted by Crippen LogP contribution is -2.48. The highest BCUT2D eigenvalue weighted by Crippen LogP contribution is 2.42. The molecule has 1 aromatic heterocycles. The second-order valence-electron chi connectivity index (χ2n) is 7.59. The largest absolute Gasteiger partial charge is 0.384 e. The summed E-state index contributed by atoms with van der Waals surface area (Å²) in [6.45, 7) is 5.65. The molecule has 2 aliphatic heterocycles. The fourth-order valence-corrected chi connectivity index (χ4v) is 4.69. The third-order valence-electron chi connectivity index (χ3n) is 5.93. The highest BCUT2D eigenvalue weighted by molar-refractivity contribution is 5.07. The highest BCUT2D eigenvalue weighted by Gasteiger charge is 2.40. The zero-order chi connectivity index (χ0) is 15.0. The number of hydrogen-bond donors (Lipinski definition) is 0. The van der Waals surface area contributed by atoms with Gasteiger partial charge in [-0.3, -0.25) is 0 Å². The highest BCUT2D eigenvalue weighted by atomic mass is 16.5. The SMILES string of the molecule is COCC1(CN2CCCC(c3nnc4n3CCC4)C2)CCC1. The van der Waals surface area contributed by atoms with Gasteiger partial charge < -0.3 is 14.2 Å². The molecular formula is C17H28N4O. The molecule has 0 radical (unpaired) electrons. The molecule has 5 heteroatoms. The van der Waals surface area contributed by atoms with Gasteiger partial charge in [0.1, 0.15) is 11.6 Å². The molecule has 1 aliphatic carbocycles. The van der Waals surface area contributed by atoms with Crippen molar-refractivity contribution in [3.63, 3.8) is 0 Å². The van der Waals surface area contributed by atoms with Crippen molar-refractivity contribution in [2.75, 3.05) is 33.4 Å². The minimum Gasteiger partial charge on any atom is -0.384 e. The van der Waals surface area contributed by atoms with Gasteiger partial charge in [-0.15, -0.1) is 10.2 Å². The van der Waals surface area contributed by atoms with Crippen LogP contribution in [0.3, 0.4) is 0 Å². The normalized spacial score (nSPS) is 27.6. The Labute approximate surface area is 133 Å². The van der Waals surface area contributed by atoms with Gasteiger partial charge >= 0.3 is 0 Å². The number of methoxy groups -OCH3 is 1. The van der Waals surface area contributed by atoms with E-state index in [9.17, 15) is 0 Å². The monoisotopic (exact) mass is 304 g/mol. The molecule has 3 aliphatic rings. The molecule has 22 heavy (non-hydrogen) atoms. The van der Waals surface area contributed by atoms with E-state index in [4.69, 9.17) is 4.74 Å². The van der Waals surface area contributed by atoms with E-state index in [1.54, 1.807) is 0 Å². The summed E-state index contributed by atoms with van der Waals surface area (Å²) >= 11 is 0. The van der Waals surface area contributed by atoms with Crippen LogP contribution in [0.25, 0.3) is 0 Å². The summed E-state index contributed by atoms with van der Waals surface area (Å²) in [6.07, 6.45) is 8.95. The molecule has 0 spiro atoms. The number of aromatic nitrogens is 3. The van der Waals surface area contributed by atoms with Gasteiger partial charge in [-0.05, 0) is 38.6 Å². The van der Waals surface area contributed by atoms with Crippen LogP contribution in [0.5, 0.6) is 0 Å². The van der Waals surface area contributed by atoms with Crippen LogP contribution in [0, 0.1) is 5.41 Å². The third kappa shape index (κ3) is 2.58. The minimum absolute atomic E-state index is 0.434. The van der Waals surface area contributed by atoms with Crippen LogP contribution in [0.2, 0.25) is 0 Å². The van der Waals surface area contributed by atoms with E-state index >= 15 is 0 Å². The van der Waals surface area contributed by atoms with Crippen LogP contribution in [0.4, 0.5) is 0 Å². The Morgan fingerprint density at radius 3 is 2.86 bits per heavy atom. The van der Waals surface area contributed by atoms with Crippen molar-refractivity contribution in [1.29, 1.82) is 0 Å². The van der Waals surface area contributed by atoms with Crippen LogP contribution in [-0.4, -0.2) is 53.0 Å². The zero-order valence-electron chi connectivity index (χ0n) is 13.8. The first-order valence-corrected chi connectivity index (χ1v) is 8.93. The molecule has 0 N–H and O–H groups in total. The Bertz CT molecular complexity index is 523. The number of rotatable bonds is 5. The summed E-state index contributed by atoms with van der Waals surface area (Å²) in [7, 11) is 1.85. The number of aryl methyl sites for hydroxylation is 1. The van der Waals surface area contributed by atoms with Crippen LogP contribution in [0.1, 0.15) is 56.1 Å². The molecule has 0 bridgehead atoms. The van der Waals surface area contributed by atoms with Crippen LogP contribution < -0.4 is 0 Å². The maximum Gasteiger partial charge on any atom is 0.137 e. The Morgan fingerprint density at radius 2 is 2.09 bits per heavy atom. The second-order valence-corrected chi connectivity index (χ2v) is 7.59. The van der Waals surface area contributed by atoms with Crippen molar-refractivity contribution < 1.29 is 4.74 Å². The second kappa shape index (κ2) is 5.93. The average molecular weight is 304 g/mol. The molecule has 1 aromatic rings. The van der Waals surface area contributed by atoms with Gasteiger partial charge in [0.2, 0.25) is 0 Å². The molecule has 122 valence electrons. The molecule has 1 saturated carbocycles. The van der Waals surface area contributed by atoms with Gasteiger partial charge in [0, 0.05) is 44.5 Å². The number of ether oxygens (including phenoxy) is 1. The molecule has 4 rings (SSSR count). The first kappa shape index (κ1) is 14.6. The Morgan fingerprint density at radius 1 is 1.18 bits per heavy atom. The van der Waals surface area contributed by atoms with Gasteiger partial charge in [0.25, 0.3) is 0 Å². The summed E-state index contributed by atoms with van der Waals surface area (Å²) < 4.78 is 7.89. The van der Waals surface area contributed by atoms with Crippen LogP contribution in [0.15, 0.2) is 0 Å². The summed E-state index contributed by atoms with van der Waals surface area (Å²) in [5.41, 5.74) is 0.434. The lowest BCUT2D eigenvalue weighted by atomic mass is 9.68. The summed E-state index contributed by atoms with van der Waals surface area (Å²) in [5, 5.41) is 8.93. The quantitative estimate of drug-likeness (QED) is 0.836. The van der Waals surface area contributed by atoms with Crippen LogP contribution in [-0.2, 0) is 17.7 Å². The van der Waals surface area contributed by atoms with Gasteiger partial charge in [-0.2, -0.15) is 0 Å². The van der Waals surface area contributed by atoms with E-state index in [-0.39, 0.29) is 0 Å². The smallest absolute Gasteiger partial charge is 0.137 e. The molecule has 1 unspecified atom stereocenters. The first-order chi connectivity index (χ1) is 10.8. The van der Waals surface area contributed by atoms with E-state index in [1.807, 2.05) is 7.11 Å². The number of nitrogens with zero attached hydrogens (tertiary/aromatic N) is 4. The van der Waals surface area contributed by atoms with Crippen molar-refractivity contribution in [3.8, 4) is 0 Å². The van der Waals surface area contributed by atoms with E-state index < -0.39 is 0 Å². The molecule has 3 heterocycles.